The fraction of sp³-hybridized carbons (Fsp3) is 0.125. The number of thioether (sulfide) groups is 1. The van der Waals surface area contributed by atoms with E-state index < -0.39 is 0 Å². The highest BCUT2D eigenvalue weighted by Crippen LogP contribution is 2.26. The molecule has 19 heavy (non-hydrogen) atoms. The molecule has 96 valence electrons. The van der Waals surface area contributed by atoms with Gasteiger partial charge in [-0.1, -0.05) is 42.5 Å². The summed E-state index contributed by atoms with van der Waals surface area (Å²) in [4.78, 5) is 3.43. The van der Waals surface area contributed by atoms with Crippen LogP contribution in [0.3, 0.4) is 0 Å². The zero-order valence-corrected chi connectivity index (χ0v) is 11.4. The monoisotopic (exact) mass is 268 g/mol. The lowest BCUT2D eigenvalue weighted by Gasteiger charge is -2.02. The van der Waals surface area contributed by atoms with Crippen LogP contribution >= 0.6 is 11.8 Å². The Morgan fingerprint density at radius 1 is 0.947 bits per heavy atom. The minimum absolute atomic E-state index is 0.602. The van der Waals surface area contributed by atoms with Crippen LogP contribution in [0.25, 0.3) is 10.9 Å². The molecule has 0 aliphatic rings. The number of benzene rings is 2. The van der Waals surface area contributed by atoms with Gasteiger partial charge in [-0.2, -0.15) is 0 Å². The fourth-order valence-corrected chi connectivity index (χ4v) is 3.03. The molecule has 0 bridgehead atoms. The smallest absolute Gasteiger partial charge is 0.0735 e. The van der Waals surface area contributed by atoms with E-state index in [2.05, 4.69) is 59.6 Å². The van der Waals surface area contributed by atoms with Gasteiger partial charge in [0.15, 0.2) is 0 Å². The van der Waals surface area contributed by atoms with Crippen molar-refractivity contribution >= 4 is 22.7 Å². The average Bonchev–Trinajstić information content (AvgIpc) is 2.88. The Hall–Kier alpha value is -1.71. The van der Waals surface area contributed by atoms with Gasteiger partial charge in [-0.05, 0) is 23.3 Å². The van der Waals surface area contributed by atoms with Crippen LogP contribution in [0.5, 0.6) is 0 Å². The van der Waals surface area contributed by atoms with Gasteiger partial charge >= 0.3 is 0 Å². The lowest BCUT2D eigenvalue weighted by atomic mass is 10.1. The minimum Gasteiger partial charge on any atom is -0.350 e. The Kier molecular flexibility index (Phi) is 3.58. The summed E-state index contributed by atoms with van der Waals surface area (Å²) in [6.07, 6.45) is 0. The van der Waals surface area contributed by atoms with Crippen molar-refractivity contribution in [1.29, 1.82) is 0 Å². The third-order valence-electron chi connectivity index (χ3n) is 3.13. The first-order chi connectivity index (χ1) is 9.35. The summed E-state index contributed by atoms with van der Waals surface area (Å²) < 4.78 is 0. The number of rotatable bonds is 4. The van der Waals surface area contributed by atoms with Crippen molar-refractivity contribution in [3.63, 3.8) is 0 Å². The molecule has 2 nitrogen and oxygen atoms in total. The second-order valence-electron chi connectivity index (χ2n) is 4.53. The molecule has 1 aromatic heterocycles. The Morgan fingerprint density at radius 2 is 1.79 bits per heavy atom. The minimum atomic E-state index is 0.602. The van der Waals surface area contributed by atoms with Gasteiger partial charge in [0.25, 0.3) is 0 Å². The molecule has 3 N–H and O–H groups in total. The van der Waals surface area contributed by atoms with Gasteiger partial charge in [0, 0.05) is 23.2 Å². The first-order valence-electron chi connectivity index (χ1n) is 6.33. The van der Waals surface area contributed by atoms with E-state index in [1.54, 1.807) is 0 Å². The molecule has 0 spiro atoms. The molecular weight excluding hydrogens is 252 g/mol. The molecule has 0 radical (unpaired) electrons. The Bertz CT molecular complexity index is 655. The molecule has 0 aliphatic heterocycles. The van der Waals surface area contributed by atoms with Gasteiger partial charge in [0.05, 0.1) is 5.03 Å². The molecule has 0 fully saturated rings. The van der Waals surface area contributed by atoms with Crippen LogP contribution in [0.2, 0.25) is 0 Å². The van der Waals surface area contributed by atoms with Crippen LogP contribution in [0, 0.1) is 0 Å². The predicted molar refractivity (Wildman–Crippen MR) is 82.2 cm³/mol. The summed E-state index contributed by atoms with van der Waals surface area (Å²) in [5, 5.41) is 2.47. The maximum absolute atomic E-state index is 5.66. The van der Waals surface area contributed by atoms with Gasteiger partial charge < -0.3 is 10.7 Å². The van der Waals surface area contributed by atoms with Gasteiger partial charge in [-0.25, -0.2) is 0 Å². The molecule has 3 heteroatoms. The van der Waals surface area contributed by atoms with Gasteiger partial charge in [-0.15, -0.1) is 11.8 Å². The number of hydrogen-bond acceptors (Lipinski definition) is 2. The Labute approximate surface area is 117 Å². The van der Waals surface area contributed by atoms with Crippen molar-refractivity contribution in [3.05, 3.63) is 65.7 Å². The first-order valence-corrected chi connectivity index (χ1v) is 7.32. The number of para-hydroxylation sites is 1. The lowest BCUT2D eigenvalue weighted by Crippen LogP contribution is -1.96. The first kappa shape index (κ1) is 12.3. The second-order valence-corrected chi connectivity index (χ2v) is 5.55. The van der Waals surface area contributed by atoms with Gasteiger partial charge in [0.2, 0.25) is 0 Å². The van der Waals surface area contributed by atoms with Crippen molar-refractivity contribution < 1.29 is 0 Å². The quantitative estimate of drug-likeness (QED) is 0.704. The van der Waals surface area contributed by atoms with Crippen LogP contribution in [0.4, 0.5) is 0 Å². The van der Waals surface area contributed by atoms with Gasteiger partial charge in [0.1, 0.15) is 0 Å². The van der Waals surface area contributed by atoms with Crippen molar-refractivity contribution in [3.8, 4) is 0 Å². The zero-order valence-electron chi connectivity index (χ0n) is 10.6. The largest absolute Gasteiger partial charge is 0.350 e. The number of fused-ring (bicyclic) bond motifs is 1. The van der Waals surface area contributed by atoms with E-state index in [9.17, 15) is 0 Å². The molecule has 3 rings (SSSR count). The van der Waals surface area contributed by atoms with Crippen molar-refractivity contribution in [1.82, 2.24) is 4.98 Å². The third-order valence-corrected chi connectivity index (χ3v) is 4.14. The van der Waals surface area contributed by atoms with E-state index in [4.69, 9.17) is 5.73 Å². The SMILES string of the molecule is NCc1cccc(CSc2cc3ccccc3[nH]2)c1. The molecule has 2 aromatic carbocycles. The van der Waals surface area contributed by atoms with Gasteiger partial charge in [-0.3, -0.25) is 0 Å². The topological polar surface area (TPSA) is 41.8 Å². The van der Waals surface area contributed by atoms with E-state index in [0.29, 0.717) is 6.54 Å². The third kappa shape index (κ3) is 2.83. The predicted octanol–water partition coefficient (Wildman–Crippen LogP) is 3.92. The maximum atomic E-state index is 5.66. The average molecular weight is 268 g/mol. The molecule has 0 aliphatic carbocycles. The van der Waals surface area contributed by atoms with Crippen LogP contribution in [-0.2, 0) is 12.3 Å². The van der Waals surface area contributed by atoms with Crippen molar-refractivity contribution in [2.45, 2.75) is 17.3 Å². The maximum Gasteiger partial charge on any atom is 0.0735 e. The van der Waals surface area contributed by atoms with E-state index in [1.807, 2.05) is 11.8 Å². The van der Waals surface area contributed by atoms with E-state index in [-0.39, 0.29) is 0 Å². The molecular formula is C16H16N2S. The molecule has 0 saturated heterocycles. The molecule has 0 saturated carbocycles. The number of nitrogens with two attached hydrogens (primary N) is 1. The van der Waals surface area contributed by atoms with Crippen LogP contribution in [-0.4, -0.2) is 4.98 Å². The van der Waals surface area contributed by atoms with Crippen LogP contribution in [0.15, 0.2) is 59.6 Å². The fourth-order valence-electron chi connectivity index (χ4n) is 2.13. The van der Waals surface area contributed by atoms with Crippen LogP contribution in [0.1, 0.15) is 11.1 Å². The van der Waals surface area contributed by atoms with E-state index in [0.717, 1.165) is 5.75 Å². The summed E-state index contributed by atoms with van der Waals surface area (Å²) in [7, 11) is 0. The summed E-state index contributed by atoms with van der Waals surface area (Å²) in [5.74, 6) is 0.959. The highest BCUT2D eigenvalue weighted by Gasteiger charge is 2.01. The Balaban J connectivity index is 1.74. The molecule has 0 atom stereocenters. The standard InChI is InChI=1S/C16H16N2S/c17-10-12-4-3-5-13(8-12)11-19-16-9-14-6-1-2-7-15(14)18-16/h1-9,18H,10-11,17H2. The lowest BCUT2D eigenvalue weighted by molar-refractivity contribution is 1.06. The van der Waals surface area contributed by atoms with Crippen molar-refractivity contribution in [2.75, 3.05) is 0 Å². The number of nitrogens with one attached hydrogen (secondary N) is 1. The summed E-state index contributed by atoms with van der Waals surface area (Å²) in [6, 6.07) is 19.0. The molecule has 0 amide bonds. The Morgan fingerprint density at radius 3 is 2.63 bits per heavy atom. The van der Waals surface area contributed by atoms with E-state index >= 15 is 0 Å². The summed E-state index contributed by atoms with van der Waals surface area (Å²) in [5.41, 5.74) is 9.36. The van der Waals surface area contributed by atoms with Crippen molar-refractivity contribution in [2.24, 2.45) is 5.73 Å². The number of H-pyrrole nitrogens is 1. The number of aromatic nitrogens is 1. The van der Waals surface area contributed by atoms with E-state index in [1.165, 1.54) is 27.1 Å². The molecule has 3 aromatic rings. The van der Waals surface area contributed by atoms with Crippen LogP contribution < -0.4 is 5.73 Å². The number of hydrogen-bond donors (Lipinski definition) is 2. The zero-order chi connectivity index (χ0) is 13.1. The molecule has 1 heterocycles. The number of aromatic amines is 1. The second kappa shape index (κ2) is 5.51. The normalized spacial score (nSPS) is 11.0. The summed E-state index contributed by atoms with van der Waals surface area (Å²) >= 11 is 1.82. The highest BCUT2D eigenvalue weighted by atomic mass is 32.2. The summed E-state index contributed by atoms with van der Waals surface area (Å²) in [6.45, 7) is 0.602. The highest BCUT2D eigenvalue weighted by molar-refractivity contribution is 7.98. The molecule has 0 unspecified atom stereocenters.